The number of amides is 2. The van der Waals surface area contributed by atoms with Crippen molar-refractivity contribution in [2.24, 2.45) is 0 Å². The molecule has 5 heteroatoms. The number of nitrogens with zero attached hydrogens (tertiary/aromatic N) is 1. The highest BCUT2D eigenvalue weighted by molar-refractivity contribution is 5.87. The first-order valence-electron chi connectivity index (χ1n) is 11.3. The summed E-state index contributed by atoms with van der Waals surface area (Å²) in [5.41, 5.74) is 2.18. The number of hydrogen-bond acceptors (Lipinski definition) is 3. The fraction of sp³-hybridized carbons (Fsp3) is 0.462. The molecule has 0 fully saturated rings. The Balaban J connectivity index is 2.08. The molecule has 1 N–H and O–H groups in total. The van der Waals surface area contributed by atoms with E-state index in [0.29, 0.717) is 32.4 Å². The van der Waals surface area contributed by atoms with Crippen molar-refractivity contribution in [1.29, 1.82) is 0 Å². The number of carbonyl (C=O) groups is 2. The van der Waals surface area contributed by atoms with Crippen LogP contribution in [0.2, 0.25) is 0 Å². The molecule has 0 unspecified atom stereocenters. The minimum absolute atomic E-state index is 0.0222. The smallest absolute Gasteiger partial charge is 0.243 e. The van der Waals surface area contributed by atoms with Crippen molar-refractivity contribution in [3.05, 3.63) is 65.7 Å². The molecule has 31 heavy (non-hydrogen) atoms. The normalized spacial score (nSPS) is 12.6. The molecule has 0 aromatic heterocycles. The standard InChI is InChI=1S/C26H36N2O3/c1-5-21(4)27-26(30)24(6-2)28(19-22-14-11-10-13-20(22)3)25(29)17-12-18-31-23-15-8-7-9-16-23/h7-11,13-16,21,24H,5-6,12,17-19H2,1-4H3,(H,27,30)/t21-,24+/m1/s1. The number of hydrogen-bond donors (Lipinski definition) is 1. The van der Waals surface area contributed by atoms with E-state index >= 15 is 0 Å². The van der Waals surface area contributed by atoms with Gasteiger partial charge in [-0.3, -0.25) is 9.59 Å². The van der Waals surface area contributed by atoms with Gasteiger partial charge in [0.2, 0.25) is 11.8 Å². The van der Waals surface area contributed by atoms with E-state index in [2.05, 4.69) is 5.32 Å². The van der Waals surface area contributed by atoms with Crippen molar-refractivity contribution in [1.82, 2.24) is 10.2 Å². The monoisotopic (exact) mass is 424 g/mol. The number of rotatable bonds is 12. The zero-order valence-corrected chi connectivity index (χ0v) is 19.3. The molecule has 0 aliphatic rings. The number of carbonyl (C=O) groups excluding carboxylic acids is 2. The van der Waals surface area contributed by atoms with Crippen LogP contribution in [0.4, 0.5) is 0 Å². The van der Waals surface area contributed by atoms with Crippen LogP contribution >= 0.6 is 0 Å². The number of aryl methyl sites for hydroxylation is 1. The minimum atomic E-state index is -0.490. The Morgan fingerprint density at radius 2 is 1.68 bits per heavy atom. The molecular formula is C26H36N2O3. The highest BCUT2D eigenvalue weighted by Gasteiger charge is 2.29. The van der Waals surface area contributed by atoms with Gasteiger partial charge in [-0.05, 0) is 56.4 Å². The van der Waals surface area contributed by atoms with Gasteiger partial charge in [0.25, 0.3) is 0 Å². The van der Waals surface area contributed by atoms with Gasteiger partial charge in [-0.15, -0.1) is 0 Å². The Kier molecular flexibility index (Phi) is 10.1. The molecule has 2 aromatic rings. The summed E-state index contributed by atoms with van der Waals surface area (Å²) in [4.78, 5) is 27.9. The minimum Gasteiger partial charge on any atom is -0.494 e. The van der Waals surface area contributed by atoms with E-state index in [-0.39, 0.29) is 17.9 Å². The van der Waals surface area contributed by atoms with Gasteiger partial charge in [-0.2, -0.15) is 0 Å². The summed E-state index contributed by atoms with van der Waals surface area (Å²) < 4.78 is 5.72. The summed E-state index contributed by atoms with van der Waals surface area (Å²) in [6, 6.07) is 17.2. The summed E-state index contributed by atoms with van der Waals surface area (Å²) in [5.74, 6) is 0.691. The summed E-state index contributed by atoms with van der Waals surface area (Å²) in [6.45, 7) is 8.90. The third-order valence-corrected chi connectivity index (χ3v) is 5.54. The summed E-state index contributed by atoms with van der Waals surface area (Å²) >= 11 is 0. The van der Waals surface area contributed by atoms with Crippen molar-refractivity contribution >= 4 is 11.8 Å². The first-order chi connectivity index (χ1) is 15.0. The molecule has 0 heterocycles. The first-order valence-corrected chi connectivity index (χ1v) is 11.3. The molecule has 0 bridgehead atoms. The highest BCUT2D eigenvalue weighted by atomic mass is 16.5. The topological polar surface area (TPSA) is 58.6 Å². The second kappa shape index (κ2) is 12.8. The molecule has 0 radical (unpaired) electrons. The maximum absolute atomic E-state index is 13.2. The van der Waals surface area contributed by atoms with E-state index in [4.69, 9.17) is 4.74 Å². The molecule has 0 saturated carbocycles. The van der Waals surface area contributed by atoms with E-state index in [1.54, 1.807) is 4.90 Å². The Morgan fingerprint density at radius 1 is 1.00 bits per heavy atom. The van der Waals surface area contributed by atoms with Crippen molar-refractivity contribution in [2.75, 3.05) is 6.61 Å². The highest BCUT2D eigenvalue weighted by Crippen LogP contribution is 2.17. The van der Waals surface area contributed by atoms with E-state index in [1.165, 1.54) is 0 Å². The van der Waals surface area contributed by atoms with Crippen LogP contribution in [0.15, 0.2) is 54.6 Å². The average molecular weight is 425 g/mol. The molecule has 0 aliphatic carbocycles. The van der Waals surface area contributed by atoms with Crippen LogP contribution < -0.4 is 10.1 Å². The molecule has 5 nitrogen and oxygen atoms in total. The Hall–Kier alpha value is -2.82. The molecule has 0 aliphatic heterocycles. The zero-order valence-electron chi connectivity index (χ0n) is 19.3. The SMILES string of the molecule is CC[C@@H](C)NC(=O)[C@H](CC)N(Cc1ccccc1C)C(=O)CCCOc1ccccc1. The third-order valence-electron chi connectivity index (χ3n) is 5.54. The molecule has 2 atom stereocenters. The van der Waals surface area contributed by atoms with Crippen LogP contribution in [0.25, 0.3) is 0 Å². The van der Waals surface area contributed by atoms with Gasteiger partial charge in [0.15, 0.2) is 0 Å². The van der Waals surface area contributed by atoms with Gasteiger partial charge in [0.05, 0.1) is 6.61 Å². The van der Waals surface area contributed by atoms with Crippen LogP contribution in [0.3, 0.4) is 0 Å². The lowest BCUT2D eigenvalue weighted by Gasteiger charge is -2.32. The van der Waals surface area contributed by atoms with Gasteiger partial charge >= 0.3 is 0 Å². The van der Waals surface area contributed by atoms with Crippen molar-refractivity contribution in [2.45, 2.75) is 72.0 Å². The third kappa shape index (κ3) is 7.74. The number of benzene rings is 2. The maximum Gasteiger partial charge on any atom is 0.243 e. The largest absolute Gasteiger partial charge is 0.494 e. The van der Waals surface area contributed by atoms with Crippen LogP contribution in [0.1, 0.15) is 57.6 Å². The Bertz CT molecular complexity index is 822. The second-order valence-electron chi connectivity index (χ2n) is 7.96. The summed E-state index contributed by atoms with van der Waals surface area (Å²) in [7, 11) is 0. The quantitative estimate of drug-likeness (QED) is 0.494. The predicted octanol–water partition coefficient (Wildman–Crippen LogP) is 4.88. The molecule has 2 aromatic carbocycles. The fourth-order valence-electron chi connectivity index (χ4n) is 3.41. The van der Waals surface area contributed by atoms with E-state index in [0.717, 1.165) is 23.3 Å². The fourth-order valence-corrected chi connectivity index (χ4v) is 3.41. The van der Waals surface area contributed by atoms with Crippen molar-refractivity contribution in [3.8, 4) is 5.75 Å². The number of para-hydroxylation sites is 1. The van der Waals surface area contributed by atoms with Crippen LogP contribution in [0, 0.1) is 6.92 Å². The number of nitrogens with one attached hydrogen (secondary N) is 1. The summed E-state index contributed by atoms with van der Waals surface area (Å²) in [5, 5.41) is 3.05. The van der Waals surface area contributed by atoms with Gasteiger partial charge < -0.3 is 15.0 Å². The Morgan fingerprint density at radius 3 is 2.32 bits per heavy atom. The molecular weight excluding hydrogens is 388 g/mol. The lowest BCUT2D eigenvalue weighted by atomic mass is 10.0. The lowest BCUT2D eigenvalue weighted by Crippen LogP contribution is -2.50. The van der Waals surface area contributed by atoms with Crippen molar-refractivity contribution in [3.63, 3.8) is 0 Å². The molecule has 0 spiro atoms. The number of ether oxygens (including phenoxy) is 1. The van der Waals surface area contributed by atoms with Crippen molar-refractivity contribution < 1.29 is 14.3 Å². The van der Waals surface area contributed by atoms with Gasteiger partial charge in [0, 0.05) is 19.0 Å². The zero-order chi connectivity index (χ0) is 22.6. The predicted molar refractivity (Wildman–Crippen MR) is 125 cm³/mol. The molecule has 168 valence electrons. The van der Waals surface area contributed by atoms with Crippen LogP contribution in [-0.2, 0) is 16.1 Å². The van der Waals surface area contributed by atoms with E-state index in [1.807, 2.05) is 82.3 Å². The molecule has 2 rings (SSSR count). The molecule has 0 saturated heterocycles. The molecule has 2 amide bonds. The van der Waals surface area contributed by atoms with E-state index < -0.39 is 6.04 Å². The first kappa shape index (κ1) is 24.4. The van der Waals surface area contributed by atoms with Gasteiger partial charge in [-0.25, -0.2) is 0 Å². The Labute approximate surface area is 186 Å². The lowest BCUT2D eigenvalue weighted by molar-refractivity contribution is -0.141. The second-order valence-corrected chi connectivity index (χ2v) is 7.96. The summed E-state index contributed by atoms with van der Waals surface area (Å²) in [6.07, 6.45) is 2.36. The van der Waals surface area contributed by atoms with Gasteiger partial charge in [-0.1, -0.05) is 56.3 Å². The van der Waals surface area contributed by atoms with Gasteiger partial charge in [0.1, 0.15) is 11.8 Å². The van der Waals surface area contributed by atoms with Crippen LogP contribution in [0.5, 0.6) is 5.75 Å². The van der Waals surface area contributed by atoms with E-state index in [9.17, 15) is 9.59 Å². The maximum atomic E-state index is 13.2. The average Bonchev–Trinajstić information content (AvgIpc) is 2.78. The van der Waals surface area contributed by atoms with Crippen LogP contribution in [-0.4, -0.2) is 35.4 Å².